The van der Waals surface area contributed by atoms with Crippen LogP contribution >= 0.6 is 0 Å². The molecule has 3 nitrogen and oxygen atoms in total. The summed E-state index contributed by atoms with van der Waals surface area (Å²) < 4.78 is 25.2. The van der Waals surface area contributed by atoms with E-state index in [0.717, 1.165) is 4.90 Å². The summed E-state index contributed by atoms with van der Waals surface area (Å²) >= 11 is 0. The Morgan fingerprint density at radius 3 is 2.77 bits per heavy atom. The molecule has 1 fully saturated rings. The highest BCUT2D eigenvalue weighted by Gasteiger charge is 2.39. The number of halogens is 2. The van der Waals surface area contributed by atoms with E-state index in [1.54, 1.807) is 0 Å². The number of nitrogens with zero attached hydrogens (tertiary/aromatic N) is 2. The second-order valence-corrected chi connectivity index (χ2v) is 3.08. The molecule has 0 aromatic heterocycles. The molecule has 1 amide bonds. The highest BCUT2D eigenvalue weighted by molar-refractivity contribution is 5.76. The Labute approximate surface area is 74.9 Å². The van der Waals surface area contributed by atoms with Crippen LogP contribution in [-0.4, -0.2) is 29.8 Å². The van der Waals surface area contributed by atoms with Crippen LogP contribution in [0.5, 0.6) is 0 Å². The zero-order valence-electron chi connectivity index (χ0n) is 7.09. The van der Waals surface area contributed by atoms with Gasteiger partial charge in [0.25, 0.3) is 5.92 Å². The third-order valence-corrected chi connectivity index (χ3v) is 1.97. The van der Waals surface area contributed by atoms with Gasteiger partial charge in [-0.25, -0.2) is 8.78 Å². The number of likely N-dealkylation sites (tertiary alicyclic amines) is 1. The lowest BCUT2D eigenvalue weighted by Crippen LogP contribution is -2.31. The molecule has 0 aliphatic carbocycles. The minimum Gasteiger partial charge on any atom is -0.336 e. The second kappa shape index (κ2) is 3.69. The number of alkyl halides is 2. The normalized spacial score (nSPS) is 19.9. The molecule has 0 spiro atoms. The molecule has 0 N–H and O–H groups in total. The standard InChI is InChI=1S/C8H10F2N2O/c9-8(10)3-5-12(6-8)7(13)2-1-4-11/h1-3,5-6H2. The number of rotatable bonds is 2. The maximum absolute atomic E-state index is 12.6. The van der Waals surface area contributed by atoms with Gasteiger partial charge in [0, 0.05) is 25.8 Å². The molecule has 13 heavy (non-hydrogen) atoms. The van der Waals surface area contributed by atoms with Crippen molar-refractivity contribution in [1.82, 2.24) is 4.90 Å². The van der Waals surface area contributed by atoms with Crippen LogP contribution in [0.4, 0.5) is 8.78 Å². The predicted molar refractivity (Wildman–Crippen MR) is 41.0 cm³/mol. The van der Waals surface area contributed by atoms with Crippen molar-refractivity contribution in [2.45, 2.75) is 25.2 Å². The Kier molecular flexibility index (Phi) is 2.81. The van der Waals surface area contributed by atoms with Gasteiger partial charge >= 0.3 is 0 Å². The first-order chi connectivity index (χ1) is 6.05. The number of nitriles is 1. The van der Waals surface area contributed by atoms with Gasteiger partial charge in [0.05, 0.1) is 12.6 Å². The SMILES string of the molecule is N#CCCC(=O)N1CCC(F)(F)C1. The van der Waals surface area contributed by atoms with Crippen molar-refractivity contribution in [3.63, 3.8) is 0 Å². The van der Waals surface area contributed by atoms with E-state index in [1.807, 2.05) is 6.07 Å². The molecule has 1 aliphatic rings. The Hall–Kier alpha value is -1.18. The van der Waals surface area contributed by atoms with Crippen molar-refractivity contribution in [2.75, 3.05) is 13.1 Å². The van der Waals surface area contributed by atoms with Gasteiger partial charge in [-0.3, -0.25) is 4.79 Å². The van der Waals surface area contributed by atoms with Crippen LogP contribution in [0.2, 0.25) is 0 Å². The van der Waals surface area contributed by atoms with E-state index in [1.165, 1.54) is 0 Å². The fraction of sp³-hybridized carbons (Fsp3) is 0.750. The first-order valence-electron chi connectivity index (χ1n) is 4.08. The summed E-state index contributed by atoms with van der Waals surface area (Å²) in [6, 6.07) is 1.81. The molecule has 5 heteroatoms. The van der Waals surface area contributed by atoms with Gasteiger partial charge in [0.15, 0.2) is 0 Å². The minimum atomic E-state index is -2.73. The topological polar surface area (TPSA) is 44.1 Å². The molecule has 0 radical (unpaired) electrons. The Balaban J connectivity index is 2.39. The zero-order chi connectivity index (χ0) is 9.90. The van der Waals surface area contributed by atoms with E-state index < -0.39 is 12.5 Å². The first kappa shape index (κ1) is 9.90. The van der Waals surface area contributed by atoms with Crippen LogP contribution in [0.3, 0.4) is 0 Å². The number of carbonyl (C=O) groups is 1. The van der Waals surface area contributed by atoms with E-state index in [2.05, 4.69) is 0 Å². The number of amides is 1. The minimum absolute atomic E-state index is 0.0482. The van der Waals surface area contributed by atoms with Gasteiger partial charge in [0.2, 0.25) is 5.91 Å². The van der Waals surface area contributed by atoms with E-state index in [4.69, 9.17) is 5.26 Å². The summed E-state index contributed by atoms with van der Waals surface area (Å²) in [4.78, 5) is 12.3. The molecule has 0 aromatic carbocycles. The predicted octanol–water partition coefficient (Wildman–Crippen LogP) is 1.16. The van der Waals surface area contributed by atoms with Crippen LogP contribution < -0.4 is 0 Å². The monoisotopic (exact) mass is 188 g/mol. The molecular weight excluding hydrogens is 178 g/mol. The molecule has 1 saturated heterocycles. The van der Waals surface area contributed by atoms with E-state index in [-0.39, 0.29) is 31.7 Å². The maximum atomic E-state index is 12.6. The van der Waals surface area contributed by atoms with E-state index in [0.29, 0.717) is 0 Å². The van der Waals surface area contributed by atoms with Crippen LogP contribution in [-0.2, 0) is 4.79 Å². The summed E-state index contributed by atoms with van der Waals surface area (Å²) in [7, 11) is 0. The Morgan fingerprint density at radius 2 is 2.31 bits per heavy atom. The third-order valence-electron chi connectivity index (χ3n) is 1.97. The Morgan fingerprint density at radius 1 is 1.62 bits per heavy atom. The van der Waals surface area contributed by atoms with Gasteiger partial charge in [-0.1, -0.05) is 0 Å². The number of carbonyl (C=O) groups excluding carboxylic acids is 1. The van der Waals surface area contributed by atoms with Crippen molar-refractivity contribution in [1.29, 1.82) is 5.26 Å². The summed E-state index contributed by atoms with van der Waals surface area (Å²) in [5.41, 5.74) is 0. The highest BCUT2D eigenvalue weighted by atomic mass is 19.3. The first-order valence-corrected chi connectivity index (χ1v) is 4.08. The van der Waals surface area contributed by atoms with Crippen LogP contribution in [0.15, 0.2) is 0 Å². The van der Waals surface area contributed by atoms with Crippen molar-refractivity contribution < 1.29 is 13.6 Å². The fourth-order valence-electron chi connectivity index (χ4n) is 1.27. The van der Waals surface area contributed by atoms with Gasteiger partial charge < -0.3 is 4.90 Å². The van der Waals surface area contributed by atoms with Crippen LogP contribution in [0.1, 0.15) is 19.3 Å². The van der Waals surface area contributed by atoms with Crippen LogP contribution in [0, 0.1) is 11.3 Å². The lowest BCUT2D eigenvalue weighted by molar-refractivity contribution is -0.131. The van der Waals surface area contributed by atoms with Gasteiger partial charge in [-0.2, -0.15) is 5.26 Å². The molecule has 0 saturated carbocycles. The molecule has 0 aromatic rings. The molecule has 0 unspecified atom stereocenters. The fourth-order valence-corrected chi connectivity index (χ4v) is 1.27. The smallest absolute Gasteiger partial charge is 0.267 e. The molecule has 72 valence electrons. The average Bonchev–Trinajstić information content (AvgIpc) is 2.42. The summed E-state index contributed by atoms with van der Waals surface area (Å²) in [6.45, 7) is -0.380. The third kappa shape index (κ3) is 2.65. The summed E-state index contributed by atoms with van der Waals surface area (Å²) in [5, 5.41) is 8.19. The molecular formula is C8H10F2N2O. The Bertz CT molecular complexity index is 247. The summed E-state index contributed by atoms with van der Waals surface area (Å²) in [5.74, 6) is -3.08. The van der Waals surface area contributed by atoms with Crippen LogP contribution in [0.25, 0.3) is 0 Å². The second-order valence-electron chi connectivity index (χ2n) is 3.08. The van der Waals surface area contributed by atoms with Gasteiger partial charge in [-0.05, 0) is 0 Å². The molecule has 0 bridgehead atoms. The van der Waals surface area contributed by atoms with Crippen molar-refractivity contribution in [2.24, 2.45) is 0 Å². The molecule has 1 aliphatic heterocycles. The van der Waals surface area contributed by atoms with Gasteiger partial charge in [0.1, 0.15) is 0 Å². The molecule has 1 heterocycles. The highest BCUT2D eigenvalue weighted by Crippen LogP contribution is 2.27. The lowest BCUT2D eigenvalue weighted by Gasteiger charge is -2.14. The number of hydrogen-bond donors (Lipinski definition) is 0. The zero-order valence-corrected chi connectivity index (χ0v) is 7.09. The maximum Gasteiger partial charge on any atom is 0.267 e. The van der Waals surface area contributed by atoms with Gasteiger partial charge in [-0.15, -0.1) is 0 Å². The summed E-state index contributed by atoms with van der Waals surface area (Å²) in [6.07, 6.45) is -0.112. The molecule has 0 atom stereocenters. The quantitative estimate of drug-likeness (QED) is 0.652. The van der Waals surface area contributed by atoms with Crippen molar-refractivity contribution in [3.05, 3.63) is 0 Å². The average molecular weight is 188 g/mol. The number of hydrogen-bond acceptors (Lipinski definition) is 2. The van der Waals surface area contributed by atoms with Crippen molar-refractivity contribution >= 4 is 5.91 Å². The van der Waals surface area contributed by atoms with E-state index in [9.17, 15) is 13.6 Å². The molecule has 1 rings (SSSR count). The van der Waals surface area contributed by atoms with Crippen molar-refractivity contribution in [3.8, 4) is 6.07 Å². The largest absolute Gasteiger partial charge is 0.336 e. The van der Waals surface area contributed by atoms with E-state index >= 15 is 0 Å². The lowest BCUT2D eigenvalue weighted by atomic mass is 10.3.